The first-order chi connectivity index (χ1) is 16.1. The number of benzene rings is 1. The van der Waals surface area contributed by atoms with E-state index in [1.807, 2.05) is 19.9 Å². The summed E-state index contributed by atoms with van der Waals surface area (Å²) < 4.78 is 10.8. The van der Waals surface area contributed by atoms with Gasteiger partial charge in [-0.15, -0.1) is 11.3 Å². The van der Waals surface area contributed by atoms with Gasteiger partial charge >= 0.3 is 5.97 Å². The van der Waals surface area contributed by atoms with E-state index >= 15 is 0 Å². The second-order valence-corrected chi connectivity index (χ2v) is 9.13. The topological polar surface area (TPSA) is 137 Å². The predicted octanol–water partition coefficient (Wildman–Crippen LogP) is 4.97. The van der Waals surface area contributed by atoms with Crippen LogP contribution in [0.2, 0.25) is 0 Å². The summed E-state index contributed by atoms with van der Waals surface area (Å²) in [5, 5.41) is 17.7. The highest BCUT2D eigenvalue weighted by molar-refractivity contribution is 7.12. The van der Waals surface area contributed by atoms with Gasteiger partial charge in [-0.25, -0.2) is 9.78 Å². The number of rotatable bonds is 6. The zero-order chi connectivity index (χ0) is 24.6. The highest BCUT2D eigenvalue weighted by atomic mass is 32.1. The van der Waals surface area contributed by atoms with Crippen LogP contribution in [0.5, 0.6) is 0 Å². The van der Waals surface area contributed by atoms with Crippen LogP contribution in [-0.2, 0) is 9.53 Å². The first-order valence-electron chi connectivity index (χ1n) is 10.2. The largest absolute Gasteiger partial charge is 0.449 e. The SMILES string of the molecule is Cc1cc(-c2cc(C(=O)OC(C)C(=O)Nc3ccc([N+](=O)[O-])cc3)c3c(C)noc3n2)c(C)s1. The van der Waals surface area contributed by atoms with Crippen molar-refractivity contribution in [3.8, 4) is 11.3 Å². The number of aromatic nitrogens is 2. The molecule has 10 nitrogen and oxygen atoms in total. The van der Waals surface area contributed by atoms with Crippen molar-refractivity contribution < 1.29 is 23.8 Å². The van der Waals surface area contributed by atoms with Gasteiger partial charge in [-0.05, 0) is 52.0 Å². The molecule has 0 aliphatic heterocycles. The van der Waals surface area contributed by atoms with E-state index in [1.54, 1.807) is 24.3 Å². The van der Waals surface area contributed by atoms with Crippen LogP contribution in [0.15, 0.2) is 40.9 Å². The molecule has 3 aromatic heterocycles. The van der Waals surface area contributed by atoms with Gasteiger partial charge in [0.05, 0.1) is 27.3 Å². The number of carbonyl (C=O) groups excluding carboxylic acids is 2. The van der Waals surface area contributed by atoms with Crippen LogP contribution >= 0.6 is 11.3 Å². The molecule has 1 aromatic carbocycles. The maximum atomic E-state index is 13.1. The first kappa shape index (κ1) is 23.1. The summed E-state index contributed by atoms with van der Waals surface area (Å²) in [5.41, 5.74) is 2.52. The van der Waals surface area contributed by atoms with Gasteiger partial charge in [0.15, 0.2) is 6.10 Å². The number of nitrogens with one attached hydrogen (secondary N) is 1. The number of hydrogen-bond acceptors (Lipinski definition) is 9. The molecular formula is C23H20N4O6S. The standard InChI is InChI=1S/C23H20N4O6S/c1-11-9-17(14(4)34-11)19-10-18(20-12(2)26-33-22(20)25-19)23(29)32-13(3)21(28)24-15-5-7-16(8-6-15)27(30)31/h5-10,13H,1-4H3,(H,24,28). The molecule has 11 heteroatoms. The van der Waals surface area contributed by atoms with Crippen LogP contribution in [0.1, 0.15) is 32.7 Å². The average molecular weight is 481 g/mol. The normalized spacial score (nSPS) is 11.9. The van der Waals surface area contributed by atoms with Gasteiger partial charge in [0.25, 0.3) is 17.3 Å². The van der Waals surface area contributed by atoms with Crippen molar-refractivity contribution in [1.29, 1.82) is 0 Å². The Morgan fingerprint density at radius 3 is 2.50 bits per heavy atom. The molecular weight excluding hydrogens is 460 g/mol. The number of esters is 1. The lowest BCUT2D eigenvalue weighted by Crippen LogP contribution is -2.30. The molecule has 34 heavy (non-hydrogen) atoms. The smallest absolute Gasteiger partial charge is 0.339 e. The number of amides is 1. The van der Waals surface area contributed by atoms with Gasteiger partial charge < -0.3 is 14.6 Å². The van der Waals surface area contributed by atoms with Crippen molar-refractivity contribution in [1.82, 2.24) is 10.1 Å². The minimum Gasteiger partial charge on any atom is -0.449 e. The third kappa shape index (κ3) is 4.50. The zero-order valence-electron chi connectivity index (χ0n) is 18.7. The summed E-state index contributed by atoms with van der Waals surface area (Å²) in [6.45, 7) is 7.07. The minimum atomic E-state index is -1.14. The van der Waals surface area contributed by atoms with E-state index in [0.717, 1.165) is 15.3 Å². The van der Waals surface area contributed by atoms with Crippen molar-refractivity contribution in [3.63, 3.8) is 0 Å². The van der Waals surface area contributed by atoms with Crippen molar-refractivity contribution in [3.05, 3.63) is 67.5 Å². The Kier molecular flexibility index (Phi) is 6.12. The lowest BCUT2D eigenvalue weighted by atomic mass is 10.1. The van der Waals surface area contributed by atoms with Crippen LogP contribution in [0, 0.1) is 30.9 Å². The molecule has 1 atom stereocenters. The average Bonchev–Trinajstić information content (AvgIpc) is 3.34. The summed E-state index contributed by atoms with van der Waals surface area (Å²) in [4.78, 5) is 42.5. The Balaban J connectivity index is 1.58. The predicted molar refractivity (Wildman–Crippen MR) is 126 cm³/mol. The number of anilines is 1. The molecule has 1 unspecified atom stereocenters. The summed E-state index contributed by atoms with van der Waals surface area (Å²) in [6.07, 6.45) is -1.14. The van der Waals surface area contributed by atoms with Crippen molar-refractivity contribution in [2.75, 3.05) is 5.32 Å². The molecule has 0 saturated heterocycles. The maximum Gasteiger partial charge on any atom is 0.339 e. The van der Waals surface area contributed by atoms with Gasteiger partial charge in [-0.3, -0.25) is 14.9 Å². The van der Waals surface area contributed by atoms with E-state index in [4.69, 9.17) is 9.26 Å². The molecule has 0 aliphatic rings. The maximum absolute atomic E-state index is 13.1. The van der Waals surface area contributed by atoms with E-state index < -0.39 is 22.9 Å². The molecule has 0 aliphatic carbocycles. The second-order valence-electron chi connectivity index (χ2n) is 7.67. The molecule has 0 fully saturated rings. The summed E-state index contributed by atoms with van der Waals surface area (Å²) in [7, 11) is 0. The fourth-order valence-electron chi connectivity index (χ4n) is 3.47. The fourth-order valence-corrected chi connectivity index (χ4v) is 4.40. The first-order valence-corrected chi connectivity index (χ1v) is 11.1. The molecule has 0 saturated carbocycles. The number of pyridine rings is 1. The number of ether oxygens (including phenoxy) is 1. The molecule has 174 valence electrons. The van der Waals surface area contributed by atoms with Crippen LogP contribution in [0.25, 0.3) is 22.4 Å². The van der Waals surface area contributed by atoms with Crippen LogP contribution in [-0.4, -0.2) is 33.0 Å². The zero-order valence-corrected chi connectivity index (χ0v) is 19.6. The van der Waals surface area contributed by atoms with Crippen molar-refractivity contribution in [2.24, 2.45) is 0 Å². The van der Waals surface area contributed by atoms with Gasteiger partial charge in [0, 0.05) is 33.1 Å². The number of carbonyl (C=O) groups is 2. The molecule has 1 N–H and O–H groups in total. The van der Waals surface area contributed by atoms with Gasteiger partial charge in [0.1, 0.15) is 0 Å². The molecule has 4 rings (SSSR count). The summed E-state index contributed by atoms with van der Waals surface area (Å²) in [6, 6.07) is 8.93. The Labute approximate surface area is 197 Å². The van der Waals surface area contributed by atoms with E-state index in [1.165, 1.54) is 31.2 Å². The van der Waals surface area contributed by atoms with Crippen LogP contribution < -0.4 is 5.32 Å². The van der Waals surface area contributed by atoms with Gasteiger partial charge in [0.2, 0.25) is 0 Å². The Morgan fingerprint density at radius 1 is 1.18 bits per heavy atom. The highest BCUT2D eigenvalue weighted by Crippen LogP contribution is 2.33. The Hall–Kier alpha value is -4.12. The Bertz CT molecular complexity index is 1420. The minimum absolute atomic E-state index is 0.102. The van der Waals surface area contributed by atoms with E-state index in [0.29, 0.717) is 22.5 Å². The number of nitro benzene ring substituents is 1. The van der Waals surface area contributed by atoms with E-state index in [9.17, 15) is 19.7 Å². The quantitative estimate of drug-likeness (QED) is 0.232. The summed E-state index contributed by atoms with van der Waals surface area (Å²) in [5.74, 6) is -1.31. The van der Waals surface area contributed by atoms with Crippen molar-refractivity contribution in [2.45, 2.75) is 33.8 Å². The Morgan fingerprint density at radius 2 is 1.88 bits per heavy atom. The summed E-state index contributed by atoms with van der Waals surface area (Å²) >= 11 is 1.61. The van der Waals surface area contributed by atoms with Crippen molar-refractivity contribution >= 4 is 45.7 Å². The number of nitrogens with zero attached hydrogens (tertiary/aromatic N) is 3. The molecule has 0 bridgehead atoms. The molecule has 1 amide bonds. The number of fused-ring (bicyclic) bond motifs is 1. The molecule has 0 radical (unpaired) electrons. The number of non-ortho nitro benzene ring substituents is 1. The van der Waals surface area contributed by atoms with Crippen LogP contribution in [0.3, 0.4) is 0 Å². The number of thiophene rings is 1. The molecule has 3 heterocycles. The van der Waals surface area contributed by atoms with E-state index in [2.05, 4.69) is 15.5 Å². The molecule has 0 spiro atoms. The third-order valence-corrected chi connectivity index (χ3v) is 6.12. The van der Waals surface area contributed by atoms with Crippen LogP contribution in [0.4, 0.5) is 11.4 Å². The monoisotopic (exact) mass is 480 g/mol. The second kappa shape index (κ2) is 9.02. The number of nitro groups is 1. The lowest BCUT2D eigenvalue weighted by Gasteiger charge is -2.14. The number of hydrogen-bond donors (Lipinski definition) is 1. The lowest BCUT2D eigenvalue weighted by molar-refractivity contribution is -0.384. The highest BCUT2D eigenvalue weighted by Gasteiger charge is 2.25. The molecule has 4 aromatic rings. The van der Waals surface area contributed by atoms with Gasteiger partial charge in [-0.1, -0.05) is 5.16 Å². The number of aryl methyl sites for hydroxylation is 3. The third-order valence-electron chi connectivity index (χ3n) is 5.15. The van der Waals surface area contributed by atoms with E-state index in [-0.39, 0.29) is 17.0 Å². The van der Waals surface area contributed by atoms with Gasteiger partial charge in [-0.2, -0.15) is 0 Å². The fraction of sp³-hybridized carbons (Fsp3) is 0.217.